The summed E-state index contributed by atoms with van der Waals surface area (Å²) in [5.41, 5.74) is 2.84. The van der Waals surface area contributed by atoms with Crippen molar-refractivity contribution in [2.75, 3.05) is 12.4 Å². The van der Waals surface area contributed by atoms with Gasteiger partial charge < -0.3 is 10.1 Å². The van der Waals surface area contributed by atoms with Gasteiger partial charge in [-0.25, -0.2) is 0 Å². The summed E-state index contributed by atoms with van der Waals surface area (Å²) in [5.74, 6) is 1.01. The van der Waals surface area contributed by atoms with E-state index in [1.165, 1.54) is 23.8 Å². The van der Waals surface area contributed by atoms with E-state index < -0.39 is 4.92 Å². The van der Waals surface area contributed by atoms with E-state index in [4.69, 9.17) is 4.74 Å². The topological polar surface area (TPSA) is 81.5 Å². The fraction of sp³-hybridized carbons (Fsp3) is 0.136. The van der Waals surface area contributed by atoms with Crippen LogP contribution < -0.4 is 10.1 Å². The normalized spacial score (nSPS) is 10.4. The molecule has 3 aromatic carbocycles. The van der Waals surface area contributed by atoms with Gasteiger partial charge in [-0.15, -0.1) is 11.8 Å². The second kappa shape index (κ2) is 9.25. The van der Waals surface area contributed by atoms with Crippen LogP contribution >= 0.6 is 11.8 Å². The third-order valence-corrected chi connectivity index (χ3v) is 5.33. The number of carbonyl (C=O) groups excluding carboxylic acids is 1. The number of hydrogen-bond acceptors (Lipinski definition) is 5. The zero-order chi connectivity index (χ0) is 20.8. The van der Waals surface area contributed by atoms with Gasteiger partial charge in [0.25, 0.3) is 11.6 Å². The largest absolute Gasteiger partial charge is 0.496 e. The van der Waals surface area contributed by atoms with Crippen LogP contribution in [0, 0.1) is 17.0 Å². The number of rotatable bonds is 7. The summed E-state index contributed by atoms with van der Waals surface area (Å²) in [4.78, 5) is 24.2. The molecule has 29 heavy (non-hydrogen) atoms. The van der Waals surface area contributed by atoms with E-state index in [0.29, 0.717) is 22.8 Å². The van der Waals surface area contributed by atoms with E-state index in [1.54, 1.807) is 43.1 Å². The van der Waals surface area contributed by atoms with Crippen molar-refractivity contribution in [3.63, 3.8) is 0 Å². The molecule has 1 amide bonds. The van der Waals surface area contributed by atoms with Crippen LogP contribution in [0.3, 0.4) is 0 Å². The lowest BCUT2D eigenvalue weighted by Crippen LogP contribution is -2.12. The second-order valence-corrected chi connectivity index (χ2v) is 7.44. The summed E-state index contributed by atoms with van der Waals surface area (Å²) >= 11 is 1.65. The van der Waals surface area contributed by atoms with E-state index in [-0.39, 0.29) is 11.6 Å². The van der Waals surface area contributed by atoms with Gasteiger partial charge in [0.1, 0.15) is 5.75 Å². The number of nitrogens with zero attached hydrogens (tertiary/aromatic N) is 1. The number of amides is 1. The number of benzene rings is 3. The lowest BCUT2D eigenvalue weighted by atomic mass is 10.1. The molecule has 1 N–H and O–H groups in total. The predicted octanol–water partition coefficient (Wildman–Crippen LogP) is 5.46. The average Bonchev–Trinajstić information content (AvgIpc) is 2.73. The van der Waals surface area contributed by atoms with Gasteiger partial charge >= 0.3 is 0 Å². The molecule has 0 saturated carbocycles. The first-order valence-electron chi connectivity index (χ1n) is 8.88. The van der Waals surface area contributed by atoms with Crippen molar-refractivity contribution in [1.29, 1.82) is 0 Å². The molecular formula is C22H20N2O4S. The van der Waals surface area contributed by atoms with Crippen LogP contribution in [0.1, 0.15) is 21.5 Å². The molecule has 3 aromatic rings. The minimum absolute atomic E-state index is 0.0762. The van der Waals surface area contributed by atoms with Gasteiger partial charge in [-0.2, -0.15) is 0 Å². The number of nitro benzene ring substituents is 1. The van der Waals surface area contributed by atoms with Gasteiger partial charge in [-0.3, -0.25) is 14.9 Å². The van der Waals surface area contributed by atoms with Crippen molar-refractivity contribution in [2.45, 2.75) is 17.6 Å². The molecule has 0 bridgehead atoms. The number of non-ortho nitro benzene ring substituents is 1. The molecule has 0 fully saturated rings. The number of nitrogens with one attached hydrogen (secondary N) is 1. The number of hydrogen-bond donors (Lipinski definition) is 1. The molecule has 0 aliphatic carbocycles. The highest BCUT2D eigenvalue weighted by Crippen LogP contribution is 2.29. The van der Waals surface area contributed by atoms with E-state index in [1.807, 2.05) is 6.92 Å². The zero-order valence-corrected chi connectivity index (χ0v) is 16.9. The number of ether oxygens (including phenoxy) is 1. The molecule has 0 radical (unpaired) electrons. The number of aryl methyl sites for hydroxylation is 1. The summed E-state index contributed by atoms with van der Waals surface area (Å²) in [6, 6.07) is 19.3. The summed E-state index contributed by atoms with van der Waals surface area (Å²) in [6.07, 6.45) is 0. The number of carbonyl (C=O) groups is 1. The third-order valence-electron chi connectivity index (χ3n) is 4.27. The van der Waals surface area contributed by atoms with Gasteiger partial charge in [-0.05, 0) is 43.3 Å². The Kier molecular flexibility index (Phi) is 6.51. The van der Waals surface area contributed by atoms with E-state index in [9.17, 15) is 14.9 Å². The van der Waals surface area contributed by atoms with Crippen LogP contribution in [-0.2, 0) is 5.75 Å². The highest BCUT2D eigenvalue weighted by atomic mass is 32.2. The highest BCUT2D eigenvalue weighted by molar-refractivity contribution is 7.98. The Morgan fingerprint density at radius 3 is 2.55 bits per heavy atom. The first kappa shape index (κ1) is 20.4. The molecule has 0 unspecified atom stereocenters. The second-order valence-electron chi connectivity index (χ2n) is 6.39. The quantitative estimate of drug-likeness (QED) is 0.319. The summed E-state index contributed by atoms with van der Waals surface area (Å²) < 4.78 is 5.43. The Labute approximate surface area is 173 Å². The molecule has 0 atom stereocenters. The molecule has 0 saturated heterocycles. The molecule has 7 heteroatoms. The maximum Gasteiger partial charge on any atom is 0.271 e. The molecule has 0 heterocycles. The summed E-state index contributed by atoms with van der Waals surface area (Å²) in [7, 11) is 1.60. The van der Waals surface area contributed by atoms with Crippen LogP contribution in [0.4, 0.5) is 11.4 Å². The van der Waals surface area contributed by atoms with E-state index in [0.717, 1.165) is 10.5 Å². The van der Waals surface area contributed by atoms with Crippen LogP contribution in [0.2, 0.25) is 0 Å². The number of anilines is 1. The van der Waals surface area contributed by atoms with Gasteiger partial charge in [0.05, 0.1) is 12.0 Å². The standard InChI is InChI=1S/C22H20N2O4S/c1-15-6-9-20(10-7-15)29-14-17-12-16(8-11-21(17)28-2)22(25)23-18-4-3-5-19(13-18)24(26)27/h3-13H,14H2,1-2H3,(H,23,25). The fourth-order valence-electron chi connectivity index (χ4n) is 2.73. The molecule has 0 aliphatic heterocycles. The van der Waals surface area contributed by atoms with Gasteiger partial charge in [0.15, 0.2) is 0 Å². The lowest BCUT2D eigenvalue weighted by Gasteiger charge is -2.11. The Morgan fingerprint density at radius 1 is 1.10 bits per heavy atom. The average molecular weight is 408 g/mol. The monoisotopic (exact) mass is 408 g/mol. The van der Waals surface area contributed by atoms with Crippen LogP contribution in [0.25, 0.3) is 0 Å². The first-order chi connectivity index (χ1) is 14.0. The molecule has 0 aliphatic rings. The van der Waals surface area contributed by atoms with Crippen molar-refractivity contribution in [3.05, 3.63) is 93.5 Å². The SMILES string of the molecule is COc1ccc(C(=O)Nc2cccc([N+](=O)[O-])c2)cc1CSc1ccc(C)cc1. The summed E-state index contributed by atoms with van der Waals surface area (Å²) in [6.45, 7) is 2.04. The third kappa shape index (κ3) is 5.36. The molecule has 0 spiro atoms. The molecule has 6 nitrogen and oxygen atoms in total. The predicted molar refractivity (Wildman–Crippen MR) is 115 cm³/mol. The van der Waals surface area contributed by atoms with Crippen LogP contribution in [-0.4, -0.2) is 17.9 Å². The lowest BCUT2D eigenvalue weighted by molar-refractivity contribution is -0.384. The van der Waals surface area contributed by atoms with Crippen molar-refractivity contribution >= 4 is 29.0 Å². The molecule has 148 valence electrons. The molecule has 0 aromatic heterocycles. The van der Waals surface area contributed by atoms with Crippen LogP contribution in [0.5, 0.6) is 5.75 Å². The molecule has 3 rings (SSSR count). The number of methoxy groups -OCH3 is 1. The Morgan fingerprint density at radius 2 is 1.86 bits per heavy atom. The fourth-order valence-corrected chi connectivity index (χ4v) is 3.60. The summed E-state index contributed by atoms with van der Waals surface area (Å²) in [5, 5.41) is 13.6. The minimum atomic E-state index is -0.497. The Balaban J connectivity index is 1.76. The van der Waals surface area contributed by atoms with Gasteiger partial charge in [-0.1, -0.05) is 23.8 Å². The van der Waals surface area contributed by atoms with E-state index in [2.05, 4.69) is 29.6 Å². The van der Waals surface area contributed by atoms with Crippen molar-refractivity contribution in [2.24, 2.45) is 0 Å². The Hall–Kier alpha value is -3.32. The maximum absolute atomic E-state index is 12.6. The van der Waals surface area contributed by atoms with E-state index >= 15 is 0 Å². The smallest absolute Gasteiger partial charge is 0.271 e. The zero-order valence-electron chi connectivity index (χ0n) is 16.0. The maximum atomic E-state index is 12.6. The first-order valence-corrected chi connectivity index (χ1v) is 9.87. The Bertz CT molecular complexity index is 1040. The highest BCUT2D eigenvalue weighted by Gasteiger charge is 2.13. The number of thioether (sulfide) groups is 1. The minimum Gasteiger partial charge on any atom is -0.496 e. The number of nitro groups is 1. The van der Waals surface area contributed by atoms with Crippen molar-refractivity contribution in [3.8, 4) is 5.75 Å². The molecular weight excluding hydrogens is 388 g/mol. The van der Waals surface area contributed by atoms with Gasteiger partial charge in [0.2, 0.25) is 0 Å². The van der Waals surface area contributed by atoms with Crippen molar-refractivity contribution < 1.29 is 14.5 Å². The van der Waals surface area contributed by atoms with Gasteiger partial charge in [0, 0.05) is 39.6 Å². The van der Waals surface area contributed by atoms with Crippen molar-refractivity contribution in [1.82, 2.24) is 0 Å². The van der Waals surface area contributed by atoms with Crippen LogP contribution in [0.15, 0.2) is 71.6 Å².